The average molecular weight is 318 g/mol. The van der Waals surface area contributed by atoms with E-state index in [0.717, 1.165) is 25.7 Å². The van der Waals surface area contributed by atoms with Gasteiger partial charge in [0.05, 0.1) is 12.2 Å². The molecule has 132 valence electrons. The van der Waals surface area contributed by atoms with Gasteiger partial charge >= 0.3 is 6.16 Å². The van der Waals surface area contributed by atoms with Crippen molar-refractivity contribution in [3.63, 3.8) is 0 Å². The zero-order chi connectivity index (χ0) is 17.0. The quantitative estimate of drug-likeness (QED) is 0.396. The first-order chi connectivity index (χ1) is 10.4. The highest BCUT2D eigenvalue weighted by atomic mass is 16.7. The van der Waals surface area contributed by atoms with Crippen LogP contribution in [0, 0.1) is 0 Å². The van der Waals surface area contributed by atoms with Gasteiger partial charge in [0.25, 0.3) is 0 Å². The summed E-state index contributed by atoms with van der Waals surface area (Å²) in [5, 5.41) is 0. The van der Waals surface area contributed by atoms with Gasteiger partial charge in [0, 0.05) is 13.2 Å². The molecule has 0 aliphatic heterocycles. The molecule has 0 heterocycles. The fourth-order valence-corrected chi connectivity index (χ4v) is 1.62. The molecule has 0 aromatic carbocycles. The van der Waals surface area contributed by atoms with Crippen LogP contribution in [0.1, 0.15) is 67.2 Å². The largest absolute Gasteiger partial charge is 0.508 e. The molecular weight excluding hydrogens is 284 g/mol. The fourth-order valence-electron chi connectivity index (χ4n) is 1.62. The fraction of sp³-hybridized carbons (Fsp3) is 0.941. The molecule has 0 rings (SSSR count). The molecule has 0 radical (unpaired) electrons. The second-order valence-corrected chi connectivity index (χ2v) is 5.75. The van der Waals surface area contributed by atoms with Crippen LogP contribution in [0.3, 0.4) is 0 Å². The van der Waals surface area contributed by atoms with E-state index in [-0.39, 0.29) is 24.4 Å². The summed E-state index contributed by atoms with van der Waals surface area (Å²) in [6, 6.07) is 0. The maximum Gasteiger partial charge on any atom is 0.508 e. The third-order valence-corrected chi connectivity index (χ3v) is 3.64. The summed E-state index contributed by atoms with van der Waals surface area (Å²) in [7, 11) is 0. The Morgan fingerprint density at radius 3 is 1.41 bits per heavy atom. The topological polar surface area (TPSA) is 54.0 Å². The highest BCUT2D eigenvalue weighted by Gasteiger charge is 2.22. The Labute approximate surface area is 135 Å². The zero-order valence-corrected chi connectivity index (χ0v) is 15.1. The van der Waals surface area contributed by atoms with Crippen molar-refractivity contribution < 1.29 is 23.7 Å². The first kappa shape index (κ1) is 21.2. The van der Waals surface area contributed by atoms with Crippen molar-refractivity contribution in [2.45, 2.75) is 91.6 Å². The van der Waals surface area contributed by atoms with Crippen molar-refractivity contribution >= 4 is 6.16 Å². The summed E-state index contributed by atoms with van der Waals surface area (Å²) in [6.07, 6.45) is 2.53. The number of hydrogen-bond acceptors (Lipinski definition) is 5. The molecule has 0 aromatic rings. The number of unbranched alkanes of at least 4 members (excludes halogenated alkanes) is 2. The molecule has 0 aromatic heterocycles. The van der Waals surface area contributed by atoms with E-state index >= 15 is 0 Å². The van der Waals surface area contributed by atoms with Gasteiger partial charge < -0.3 is 18.9 Å². The Hall–Kier alpha value is -0.810. The lowest BCUT2D eigenvalue weighted by molar-refractivity contribution is -0.0795. The Morgan fingerprint density at radius 1 is 0.727 bits per heavy atom. The van der Waals surface area contributed by atoms with E-state index in [1.165, 1.54) is 0 Å². The standard InChI is InChI=1S/C17H34O5/c1-7-9-11-19-13(3)15(5)21-17(18)22-16(6)14(4)20-12-10-8-2/h13-16H,7-12H2,1-6H3. The number of ether oxygens (including phenoxy) is 4. The van der Waals surface area contributed by atoms with Crippen LogP contribution in [0.2, 0.25) is 0 Å². The first-order valence-corrected chi connectivity index (χ1v) is 8.52. The molecule has 5 nitrogen and oxygen atoms in total. The molecule has 0 fully saturated rings. The van der Waals surface area contributed by atoms with E-state index in [1.54, 1.807) is 0 Å². The molecule has 0 amide bonds. The first-order valence-electron chi connectivity index (χ1n) is 8.52. The molecule has 0 saturated heterocycles. The minimum absolute atomic E-state index is 0.146. The van der Waals surface area contributed by atoms with Crippen LogP contribution in [0.5, 0.6) is 0 Å². The Bertz CT molecular complexity index is 256. The summed E-state index contributed by atoms with van der Waals surface area (Å²) in [5.41, 5.74) is 0. The molecule has 0 spiro atoms. The highest BCUT2D eigenvalue weighted by Crippen LogP contribution is 2.10. The lowest BCUT2D eigenvalue weighted by Gasteiger charge is -2.24. The number of carbonyl (C=O) groups is 1. The SMILES string of the molecule is CCCCOC(C)C(C)OC(=O)OC(C)C(C)OCCCC. The third kappa shape index (κ3) is 10.0. The monoisotopic (exact) mass is 318 g/mol. The Kier molecular flexibility index (Phi) is 12.2. The molecule has 0 N–H and O–H groups in total. The molecule has 0 bridgehead atoms. The molecule has 5 heteroatoms. The summed E-state index contributed by atoms with van der Waals surface area (Å²) < 4.78 is 21.7. The number of hydrogen-bond donors (Lipinski definition) is 0. The Balaban J connectivity index is 3.99. The summed E-state index contributed by atoms with van der Waals surface area (Å²) in [6.45, 7) is 13.0. The van der Waals surface area contributed by atoms with Gasteiger partial charge in [-0.3, -0.25) is 0 Å². The van der Waals surface area contributed by atoms with E-state index < -0.39 is 6.16 Å². The lowest BCUT2D eigenvalue weighted by atomic mass is 10.2. The molecule has 22 heavy (non-hydrogen) atoms. The lowest BCUT2D eigenvalue weighted by Crippen LogP contribution is -2.33. The molecular formula is C17H34O5. The normalized spacial score (nSPS) is 16.6. The molecule has 4 unspecified atom stereocenters. The predicted octanol–water partition coefficient (Wildman–Crippen LogP) is 4.33. The van der Waals surface area contributed by atoms with Gasteiger partial charge in [-0.2, -0.15) is 0 Å². The molecule has 4 atom stereocenters. The zero-order valence-electron chi connectivity index (χ0n) is 15.1. The molecule has 0 saturated carbocycles. The van der Waals surface area contributed by atoms with E-state index in [2.05, 4.69) is 13.8 Å². The van der Waals surface area contributed by atoms with Gasteiger partial charge in [-0.1, -0.05) is 26.7 Å². The third-order valence-electron chi connectivity index (χ3n) is 3.64. The maximum atomic E-state index is 11.8. The van der Waals surface area contributed by atoms with Gasteiger partial charge in [-0.15, -0.1) is 0 Å². The van der Waals surface area contributed by atoms with E-state index in [1.807, 2.05) is 27.7 Å². The minimum Gasteiger partial charge on any atom is -0.429 e. The summed E-state index contributed by atoms with van der Waals surface area (Å²) in [5.74, 6) is 0. The van der Waals surface area contributed by atoms with E-state index in [0.29, 0.717) is 13.2 Å². The smallest absolute Gasteiger partial charge is 0.429 e. The van der Waals surface area contributed by atoms with Crippen LogP contribution in [-0.4, -0.2) is 43.8 Å². The van der Waals surface area contributed by atoms with Gasteiger partial charge in [-0.05, 0) is 40.5 Å². The van der Waals surface area contributed by atoms with E-state index in [4.69, 9.17) is 18.9 Å². The number of rotatable bonds is 12. The van der Waals surface area contributed by atoms with Crippen LogP contribution < -0.4 is 0 Å². The van der Waals surface area contributed by atoms with Crippen molar-refractivity contribution in [3.05, 3.63) is 0 Å². The Morgan fingerprint density at radius 2 is 1.09 bits per heavy atom. The minimum atomic E-state index is -0.670. The molecule has 0 aliphatic rings. The van der Waals surface area contributed by atoms with Crippen molar-refractivity contribution in [2.24, 2.45) is 0 Å². The van der Waals surface area contributed by atoms with E-state index in [9.17, 15) is 4.79 Å². The van der Waals surface area contributed by atoms with Crippen LogP contribution in [-0.2, 0) is 18.9 Å². The van der Waals surface area contributed by atoms with Crippen molar-refractivity contribution in [1.82, 2.24) is 0 Å². The van der Waals surface area contributed by atoms with Crippen molar-refractivity contribution in [2.75, 3.05) is 13.2 Å². The molecule has 0 aliphatic carbocycles. The van der Waals surface area contributed by atoms with Crippen molar-refractivity contribution in [1.29, 1.82) is 0 Å². The van der Waals surface area contributed by atoms with Gasteiger partial charge in [0.2, 0.25) is 0 Å². The summed E-state index contributed by atoms with van der Waals surface area (Å²) >= 11 is 0. The average Bonchev–Trinajstić information content (AvgIpc) is 2.47. The highest BCUT2D eigenvalue weighted by molar-refractivity contribution is 5.60. The number of carbonyl (C=O) groups excluding carboxylic acids is 1. The van der Waals surface area contributed by atoms with Crippen molar-refractivity contribution in [3.8, 4) is 0 Å². The van der Waals surface area contributed by atoms with Crippen LogP contribution in [0.4, 0.5) is 4.79 Å². The van der Waals surface area contributed by atoms with Gasteiger partial charge in [0.15, 0.2) is 0 Å². The van der Waals surface area contributed by atoms with Gasteiger partial charge in [0.1, 0.15) is 12.2 Å². The van der Waals surface area contributed by atoms with Crippen LogP contribution >= 0.6 is 0 Å². The second kappa shape index (κ2) is 12.7. The second-order valence-electron chi connectivity index (χ2n) is 5.75. The predicted molar refractivity (Wildman–Crippen MR) is 87.1 cm³/mol. The van der Waals surface area contributed by atoms with Gasteiger partial charge in [-0.25, -0.2) is 4.79 Å². The maximum absolute atomic E-state index is 11.8. The summed E-state index contributed by atoms with van der Waals surface area (Å²) in [4.78, 5) is 11.8. The van der Waals surface area contributed by atoms with Crippen LogP contribution in [0.15, 0.2) is 0 Å². The van der Waals surface area contributed by atoms with Crippen LogP contribution in [0.25, 0.3) is 0 Å².